The number of benzene rings is 2. The van der Waals surface area contributed by atoms with Crippen molar-refractivity contribution < 1.29 is 13.2 Å². The predicted molar refractivity (Wildman–Crippen MR) is 146 cm³/mol. The van der Waals surface area contributed by atoms with Gasteiger partial charge in [-0.2, -0.15) is 4.31 Å². The van der Waals surface area contributed by atoms with Crippen LogP contribution in [0.25, 0.3) is 0 Å². The molecule has 1 aliphatic heterocycles. The molecule has 1 heterocycles. The second-order valence-electron chi connectivity index (χ2n) is 10.7. The minimum absolute atomic E-state index is 0.0801. The molecule has 0 N–H and O–H groups in total. The minimum atomic E-state index is -3.80. The Labute approximate surface area is 217 Å². The van der Waals surface area contributed by atoms with Crippen LogP contribution in [0, 0.1) is 34.6 Å². The maximum atomic E-state index is 14.1. The summed E-state index contributed by atoms with van der Waals surface area (Å²) in [7, 11) is -3.80. The van der Waals surface area contributed by atoms with E-state index < -0.39 is 10.0 Å². The van der Waals surface area contributed by atoms with E-state index in [1.165, 1.54) is 21.1 Å². The van der Waals surface area contributed by atoms with E-state index in [-0.39, 0.29) is 18.5 Å². The smallest absolute Gasteiger partial charge is 0.244 e. The summed E-state index contributed by atoms with van der Waals surface area (Å²) in [6, 6.07) is 10.1. The number of piperazine rings is 1. The number of hydrogen-bond acceptors (Lipinski definition) is 4. The van der Waals surface area contributed by atoms with Crippen molar-refractivity contribution in [3.8, 4) is 0 Å². The maximum Gasteiger partial charge on any atom is 0.244 e. The summed E-state index contributed by atoms with van der Waals surface area (Å²) >= 11 is 0. The molecule has 1 aliphatic carbocycles. The highest BCUT2D eigenvalue weighted by Crippen LogP contribution is 2.31. The van der Waals surface area contributed by atoms with Gasteiger partial charge in [-0.15, -0.1) is 0 Å². The van der Waals surface area contributed by atoms with Crippen molar-refractivity contribution in [2.75, 3.05) is 37.6 Å². The topological polar surface area (TPSA) is 60.9 Å². The van der Waals surface area contributed by atoms with E-state index in [0.29, 0.717) is 18.0 Å². The summed E-state index contributed by atoms with van der Waals surface area (Å²) in [5, 5.41) is 0. The molecule has 4 rings (SSSR count). The van der Waals surface area contributed by atoms with Crippen LogP contribution in [0.1, 0.15) is 59.9 Å². The Bertz CT molecular complexity index is 1190. The number of anilines is 1. The summed E-state index contributed by atoms with van der Waals surface area (Å²) in [5.74, 6) is -0.0906. The number of carbonyl (C=O) groups is 1. The van der Waals surface area contributed by atoms with Gasteiger partial charge in [0.25, 0.3) is 0 Å². The number of amides is 1. The molecule has 0 spiro atoms. The number of sulfonamides is 1. The van der Waals surface area contributed by atoms with Crippen LogP contribution in [-0.2, 0) is 14.8 Å². The summed E-state index contributed by atoms with van der Waals surface area (Å²) in [5.41, 5.74) is 6.31. The van der Waals surface area contributed by atoms with E-state index in [0.717, 1.165) is 61.9 Å². The first-order chi connectivity index (χ1) is 17.1. The van der Waals surface area contributed by atoms with Gasteiger partial charge in [0.05, 0.1) is 11.4 Å². The molecule has 1 saturated heterocycles. The molecule has 0 aromatic heterocycles. The third-order valence-corrected chi connectivity index (χ3v) is 10.2. The van der Waals surface area contributed by atoms with Crippen molar-refractivity contribution in [1.82, 2.24) is 9.21 Å². The summed E-state index contributed by atoms with van der Waals surface area (Å²) in [6.07, 6.45) is 4.77. The summed E-state index contributed by atoms with van der Waals surface area (Å²) in [4.78, 5) is 18.1. The summed E-state index contributed by atoms with van der Waals surface area (Å²) < 4.78 is 29.7. The molecule has 1 amide bonds. The Balaban J connectivity index is 1.53. The van der Waals surface area contributed by atoms with Gasteiger partial charge in [0.2, 0.25) is 15.9 Å². The number of rotatable bonds is 6. The van der Waals surface area contributed by atoms with Crippen molar-refractivity contribution in [2.24, 2.45) is 0 Å². The fourth-order valence-electron chi connectivity index (χ4n) is 5.98. The highest BCUT2D eigenvalue weighted by atomic mass is 32.2. The van der Waals surface area contributed by atoms with Gasteiger partial charge in [-0.1, -0.05) is 49.1 Å². The third-order valence-electron chi connectivity index (χ3n) is 7.99. The lowest BCUT2D eigenvalue weighted by atomic mass is 9.95. The number of carbonyl (C=O) groups excluding carboxylic acids is 1. The molecular formula is C29H41N3O3S. The fourth-order valence-corrected chi connectivity index (χ4v) is 8.03. The van der Waals surface area contributed by atoms with Gasteiger partial charge in [-0.05, 0) is 75.8 Å². The van der Waals surface area contributed by atoms with Crippen LogP contribution in [0.15, 0.2) is 35.2 Å². The number of hydrogen-bond donors (Lipinski definition) is 0. The molecule has 2 aliphatic rings. The molecule has 36 heavy (non-hydrogen) atoms. The Kier molecular flexibility index (Phi) is 8.10. The van der Waals surface area contributed by atoms with Crippen LogP contribution in [0.5, 0.6) is 0 Å². The Morgan fingerprint density at radius 3 is 2.11 bits per heavy atom. The average molecular weight is 512 g/mol. The van der Waals surface area contributed by atoms with Crippen LogP contribution >= 0.6 is 0 Å². The second-order valence-corrected chi connectivity index (χ2v) is 12.5. The molecule has 2 aromatic rings. The number of nitrogens with zero attached hydrogens (tertiary/aromatic N) is 3. The summed E-state index contributed by atoms with van der Waals surface area (Å²) in [6.45, 7) is 12.6. The first-order valence-corrected chi connectivity index (χ1v) is 14.7. The van der Waals surface area contributed by atoms with E-state index >= 15 is 0 Å². The third kappa shape index (κ3) is 5.47. The zero-order valence-corrected chi connectivity index (χ0v) is 23.3. The molecule has 1 saturated carbocycles. The van der Waals surface area contributed by atoms with Crippen molar-refractivity contribution in [2.45, 2.75) is 77.7 Å². The van der Waals surface area contributed by atoms with E-state index in [1.807, 2.05) is 37.8 Å². The van der Waals surface area contributed by atoms with Crippen LogP contribution < -0.4 is 4.90 Å². The standard InChI is InChI=1S/C29H41N3O3S/c1-21-18-23(3)29(24(4)19-21)36(34,35)32(26-11-7-6-8-12-26)20-28(33)31-16-14-30(15-17-31)27-13-9-10-22(2)25(27)5/h9-10,13,18-19,26H,6-8,11-12,14-17,20H2,1-5H3. The molecule has 0 atom stereocenters. The van der Waals surface area contributed by atoms with E-state index in [4.69, 9.17) is 0 Å². The second kappa shape index (κ2) is 10.9. The highest BCUT2D eigenvalue weighted by Gasteiger charge is 2.37. The monoisotopic (exact) mass is 511 g/mol. The van der Waals surface area contributed by atoms with Gasteiger partial charge in [0.1, 0.15) is 0 Å². The largest absolute Gasteiger partial charge is 0.368 e. The van der Waals surface area contributed by atoms with Gasteiger partial charge in [0, 0.05) is 37.9 Å². The molecule has 0 unspecified atom stereocenters. The molecule has 0 radical (unpaired) electrons. The Morgan fingerprint density at radius 2 is 1.50 bits per heavy atom. The zero-order chi connectivity index (χ0) is 26.0. The lowest BCUT2D eigenvalue weighted by Gasteiger charge is -2.39. The molecule has 7 heteroatoms. The first-order valence-electron chi connectivity index (χ1n) is 13.3. The average Bonchev–Trinajstić information content (AvgIpc) is 2.84. The Hall–Kier alpha value is -2.38. The van der Waals surface area contributed by atoms with Gasteiger partial charge in [-0.25, -0.2) is 8.42 Å². The van der Waals surface area contributed by atoms with Crippen LogP contribution in [0.2, 0.25) is 0 Å². The number of aryl methyl sites for hydroxylation is 4. The van der Waals surface area contributed by atoms with E-state index in [9.17, 15) is 13.2 Å². The molecule has 0 bridgehead atoms. The normalized spacial score (nSPS) is 17.6. The van der Waals surface area contributed by atoms with Gasteiger partial charge < -0.3 is 9.80 Å². The van der Waals surface area contributed by atoms with Gasteiger partial charge >= 0.3 is 0 Å². The van der Waals surface area contributed by atoms with Crippen molar-refractivity contribution in [1.29, 1.82) is 0 Å². The van der Waals surface area contributed by atoms with Crippen LogP contribution in [-0.4, -0.2) is 62.3 Å². The highest BCUT2D eigenvalue weighted by molar-refractivity contribution is 7.89. The van der Waals surface area contributed by atoms with E-state index in [2.05, 4.69) is 36.9 Å². The molecule has 2 aromatic carbocycles. The van der Waals surface area contributed by atoms with Gasteiger partial charge in [0.15, 0.2) is 0 Å². The first kappa shape index (κ1) is 26.7. The van der Waals surface area contributed by atoms with Gasteiger partial charge in [-0.3, -0.25) is 4.79 Å². The van der Waals surface area contributed by atoms with Crippen molar-refractivity contribution in [3.05, 3.63) is 58.1 Å². The molecule has 196 valence electrons. The van der Waals surface area contributed by atoms with E-state index in [1.54, 1.807) is 0 Å². The predicted octanol–water partition coefficient (Wildman–Crippen LogP) is 4.90. The minimum Gasteiger partial charge on any atom is -0.368 e. The maximum absolute atomic E-state index is 14.1. The van der Waals surface area contributed by atoms with Crippen LogP contribution in [0.3, 0.4) is 0 Å². The zero-order valence-electron chi connectivity index (χ0n) is 22.5. The Morgan fingerprint density at radius 1 is 0.889 bits per heavy atom. The SMILES string of the molecule is Cc1cc(C)c(S(=O)(=O)N(CC(=O)N2CCN(c3cccc(C)c3C)CC2)C2CCCCC2)c(C)c1. The lowest BCUT2D eigenvalue weighted by Crippen LogP contribution is -2.53. The molecule has 2 fully saturated rings. The molecule has 6 nitrogen and oxygen atoms in total. The van der Waals surface area contributed by atoms with Crippen molar-refractivity contribution >= 4 is 21.6 Å². The fraction of sp³-hybridized carbons (Fsp3) is 0.552. The quantitative estimate of drug-likeness (QED) is 0.553. The lowest BCUT2D eigenvalue weighted by molar-refractivity contribution is -0.132. The molecular weight excluding hydrogens is 470 g/mol. The van der Waals surface area contributed by atoms with Crippen molar-refractivity contribution in [3.63, 3.8) is 0 Å². The van der Waals surface area contributed by atoms with Crippen LogP contribution in [0.4, 0.5) is 5.69 Å².